The average molecular weight is 528 g/mol. The SMILES string of the molecule is c1ccc(-c2ccc(-c3nc(-c4nc5ccccc5o4)nc(-c4cc5ccccc5c5ccccc45)n3)nc2)cc1. The Morgan fingerprint density at radius 2 is 1.20 bits per heavy atom. The first kappa shape index (κ1) is 23.2. The Kier molecular flexibility index (Phi) is 5.35. The summed E-state index contributed by atoms with van der Waals surface area (Å²) in [7, 11) is 0. The van der Waals surface area contributed by atoms with E-state index in [2.05, 4.69) is 59.6 Å². The van der Waals surface area contributed by atoms with Crippen LogP contribution in [0, 0.1) is 0 Å². The van der Waals surface area contributed by atoms with Gasteiger partial charge in [0.25, 0.3) is 5.89 Å². The molecule has 192 valence electrons. The van der Waals surface area contributed by atoms with Gasteiger partial charge in [0, 0.05) is 17.3 Å². The molecule has 0 bridgehead atoms. The number of benzene rings is 5. The number of pyridine rings is 1. The number of para-hydroxylation sites is 2. The van der Waals surface area contributed by atoms with Crippen molar-refractivity contribution in [1.82, 2.24) is 24.9 Å². The summed E-state index contributed by atoms with van der Waals surface area (Å²) >= 11 is 0. The normalized spacial score (nSPS) is 11.4. The molecule has 0 saturated heterocycles. The number of oxazole rings is 1. The largest absolute Gasteiger partial charge is 0.434 e. The summed E-state index contributed by atoms with van der Waals surface area (Å²) in [6, 6.07) is 40.6. The first-order valence-corrected chi connectivity index (χ1v) is 13.3. The highest BCUT2D eigenvalue weighted by Gasteiger charge is 2.19. The second-order valence-corrected chi connectivity index (χ2v) is 9.78. The van der Waals surface area contributed by atoms with Gasteiger partial charge < -0.3 is 4.42 Å². The van der Waals surface area contributed by atoms with Gasteiger partial charge in [0.05, 0.1) is 0 Å². The van der Waals surface area contributed by atoms with E-state index in [9.17, 15) is 0 Å². The van der Waals surface area contributed by atoms with E-state index in [0.717, 1.165) is 38.4 Å². The van der Waals surface area contributed by atoms with Gasteiger partial charge in [-0.1, -0.05) is 97.1 Å². The minimum Gasteiger partial charge on any atom is -0.434 e. The monoisotopic (exact) mass is 527 g/mol. The van der Waals surface area contributed by atoms with Gasteiger partial charge >= 0.3 is 0 Å². The van der Waals surface area contributed by atoms with Gasteiger partial charge in [-0.05, 0) is 51.4 Å². The van der Waals surface area contributed by atoms with Crippen molar-refractivity contribution in [3.05, 3.63) is 128 Å². The number of nitrogens with zero attached hydrogens (tertiary/aromatic N) is 5. The Hall–Kier alpha value is -5.75. The fourth-order valence-corrected chi connectivity index (χ4v) is 5.24. The van der Waals surface area contributed by atoms with Crippen LogP contribution in [0.1, 0.15) is 0 Å². The van der Waals surface area contributed by atoms with Crippen LogP contribution in [0.25, 0.3) is 78.4 Å². The van der Waals surface area contributed by atoms with Crippen molar-refractivity contribution in [2.45, 2.75) is 0 Å². The molecule has 6 nitrogen and oxygen atoms in total. The van der Waals surface area contributed by atoms with E-state index in [1.807, 2.05) is 72.9 Å². The highest BCUT2D eigenvalue weighted by molar-refractivity contribution is 6.13. The van der Waals surface area contributed by atoms with Crippen LogP contribution in [0.15, 0.2) is 132 Å². The third kappa shape index (κ3) is 4.10. The quantitative estimate of drug-likeness (QED) is 0.214. The zero-order valence-electron chi connectivity index (χ0n) is 21.8. The third-order valence-corrected chi connectivity index (χ3v) is 7.23. The van der Waals surface area contributed by atoms with Crippen LogP contribution < -0.4 is 0 Å². The summed E-state index contributed by atoms with van der Waals surface area (Å²) < 4.78 is 6.09. The fraction of sp³-hybridized carbons (Fsp3) is 0. The maximum absolute atomic E-state index is 6.09. The van der Waals surface area contributed by atoms with Crippen molar-refractivity contribution in [2.24, 2.45) is 0 Å². The van der Waals surface area contributed by atoms with E-state index >= 15 is 0 Å². The predicted molar refractivity (Wildman–Crippen MR) is 162 cm³/mol. The van der Waals surface area contributed by atoms with Crippen molar-refractivity contribution in [3.8, 4) is 45.7 Å². The maximum atomic E-state index is 6.09. The van der Waals surface area contributed by atoms with E-state index in [0.29, 0.717) is 34.6 Å². The highest BCUT2D eigenvalue weighted by atomic mass is 16.3. The summed E-state index contributed by atoms with van der Waals surface area (Å²) in [4.78, 5) is 24.1. The Morgan fingerprint density at radius 1 is 0.488 bits per heavy atom. The molecule has 0 atom stereocenters. The molecule has 0 spiro atoms. The Labute approximate surface area is 235 Å². The number of aromatic nitrogens is 5. The summed E-state index contributed by atoms with van der Waals surface area (Å²) in [5.74, 6) is 1.67. The lowest BCUT2D eigenvalue weighted by Gasteiger charge is -2.11. The van der Waals surface area contributed by atoms with Crippen LogP contribution in [-0.4, -0.2) is 24.9 Å². The zero-order chi connectivity index (χ0) is 27.2. The van der Waals surface area contributed by atoms with E-state index in [1.165, 1.54) is 5.39 Å². The van der Waals surface area contributed by atoms with Gasteiger partial charge in [-0.25, -0.2) is 19.9 Å². The Balaban J connectivity index is 1.35. The standard InChI is InChI=1S/C35H21N5O/c1-2-10-22(11-3-1)24-18-19-30(36-21-24)33-38-32(39-34(40-33)35-37-29-16-8-9-17-31(29)41-35)28-20-23-12-4-5-13-25(23)26-14-6-7-15-27(26)28/h1-21H. The molecule has 8 rings (SSSR count). The second kappa shape index (κ2) is 9.47. The van der Waals surface area contributed by atoms with Crippen LogP contribution in [0.4, 0.5) is 0 Å². The van der Waals surface area contributed by atoms with Gasteiger partial charge in [-0.15, -0.1) is 0 Å². The molecule has 0 unspecified atom stereocenters. The number of rotatable bonds is 4. The van der Waals surface area contributed by atoms with Gasteiger partial charge in [0.15, 0.2) is 17.2 Å². The molecule has 3 heterocycles. The molecule has 3 aromatic heterocycles. The van der Waals surface area contributed by atoms with Crippen LogP contribution in [0.5, 0.6) is 0 Å². The highest BCUT2D eigenvalue weighted by Crippen LogP contribution is 2.35. The topological polar surface area (TPSA) is 77.6 Å². The van der Waals surface area contributed by atoms with E-state index in [-0.39, 0.29) is 0 Å². The predicted octanol–water partition coefficient (Wildman–Crippen LogP) is 8.38. The molecule has 0 radical (unpaired) electrons. The van der Waals surface area contributed by atoms with Crippen molar-refractivity contribution >= 4 is 32.6 Å². The molecule has 0 saturated carbocycles. The van der Waals surface area contributed by atoms with Crippen molar-refractivity contribution in [1.29, 1.82) is 0 Å². The van der Waals surface area contributed by atoms with Crippen molar-refractivity contribution in [2.75, 3.05) is 0 Å². The molecular formula is C35H21N5O. The molecule has 6 heteroatoms. The average Bonchev–Trinajstić information content (AvgIpc) is 3.49. The molecule has 8 aromatic rings. The number of hydrogen-bond donors (Lipinski definition) is 0. The first-order chi connectivity index (χ1) is 20.3. The Bertz CT molecular complexity index is 2170. The Morgan fingerprint density at radius 3 is 2.02 bits per heavy atom. The molecule has 0 aliphatic heterocycles. The van der Waals surface area contributed by atoms with Crippen LogP contribution in [0.3, 0.4) is 0 Å². The summed E-state index contributed by atoms with van der Waals surface area (Å²) in [5.41, 5.74) is 5.07. The number of hydrogen-bond acceptors (Lipinski definition) is 6. The molecule has 41 heavy (non-hydrogen) atoms. The van der Waals surface area contributed by atoms with Gasteiger partial charge in [-0.3, -0.25) is 4.98 Å². The molecular weight excluding hydrogens is 506 g/mol. The van der Waals surface area contributed by atoms with E-state index < -0.39 is 0 Å². The molecule has 5 aromatic carbocycles. The number of fused-ring (bicyclic) bond motifs is 4. The third-order valence-electron chi connectivity index (χ3n) is 7.23. The zero-order valence-corrected chi connectivity index (χ0v) is 21.8. The molecule has 0 N–H and O–H groups in total. The maximum Gasteiger partial charge on any atom is 0.266 e. The van der Waals surface area contributed by atoms with E-state index in [4.69, 9.17) is 24.4 Å². The minimum atomic E-state index is 0.335. The molecule has 0 fully saturated rings. The summed E-state index contributed by atoms with van der Waals surface area (Å²) in [6.07, 6.45) is 1.85. The van der Waals surface area contributed by atoms with Crippen molar-refractivity contribution in [3.63, 3.8) is 0 Å². The lowest BCUT2D eigenvalue weighted by molar-refractivity contribution is 0.612. The fourth-order valence-electron chi connectivity index (χ4n) is 5.24. The summed E-state index contributed by atoms with van der Waals surface area (Å²) in [5, 5.41) is 4.48. The van der Waals surface area contributed by atoms with Gasteiger partial charge in [0.2, 0.25) is 5.82 Å². The summed E-state index contributed by atoms with van der Waals surface area (Å²) in [6.45, 7) is 0. The van der Waals surface area contributed by atoms with Crippen LogP contribution >= 0.6 is 0 Å². The van der Waals surface area contributed by atoms with Gasteiger partial charge in [0.1, 0.15) is 11.2 Å². The minimum absolute atomic E-state index is 0.335. The van der Waals surface area contributed by atoms with Crippen LogP contribution in [0.2, 0.25) is 0 Å². The van der Waals surface area contributed by atoms with Crippen molar-refractivity contribution < 1.29 is 4.42 Å². The smallest absolute Gasteiger partial charge is 0.266 e. The second-order valence-electron chi connectivity index (χ2n) is 9.78. The lowest BCUT2D eigenvalue weighted by Crippen LogP contribution is -2.02. The molecule has 0 aliphatic rings. The molecule has 0 amide bonds. The van der Waals surface area contributed by atoms with Crippen LogP contribution in [-0.2, 0) is 0 Å². The van der Waals surface area contributed by atoms with E-state index in [1.54, 1.807) is 0 Å². The first-order valence-electron chi connectivity index (χ1n) is 13.3. The molecule has 0 aliphatic carbocycles. The lowest BCUT2D eigenvalue weighted by atomic mass is 9.97. The van der Waals surface area contributed by atoms with Gasteiger partial charge in [-0.2, -0.15) is 0 Å².